The zero-order valence-corrected chi connectivity index (χ0v) is 25.2. The molecule has 2 aromatic rings. The third-order valence-corrected chi connectivity index (χ3v) is 6.51. The number of carbonyl (C=O) groups is 5. The number of carboxylic acid groups (broad SMARTS) is 1. The number of rotatable bonds is 17. The lowest BCUT2D eigenvalue weighted by Crippen LogP contribution is -2.54. The fraction of sp³-hybridized carbons (Fsp3) is 0.393. The van der Waals surface area contributed by atoms with Crippen molar-refractivity contribution in [1.29, 1.82) is 0 Å². The van der Waals surface area contributed by atoms with Crippen LogP contribution >= 0.6 is 7.82 Å². The molecule has 0 aliphatic carbocycles. The lowest BCUT2D eigenvalue weighted by Gasteiger charge is -2.22. The molecule has 0 saturated carbocycles. The Morgan fingerprint density at radius 2 is 1.39 bits per heavy atom. The summed E-state index contributed by atoms with van der Waals surface area (Å²) in [4.78, 5) is 79.5. The van der Waals surface area contributed by atoms with Gasteiger partial charge in [-0.1, -0.05) is 56.3 Å². The summed E-state index contributed by atoms with van der Waals surface area (Å²) in [5.74, 6) is -4.03. The van der Waals surface area contributed by atoms with Gasteiger partial charge in [-0.05, 0) is 42.0 Å². The first-order valence-electron chi connectivity index (χ1n) is 13.6. The highest BCUT2D eigenvalue weighted by molar-refractivity contribution is 7.46. The maximum Gasteiger partial charge on any atom is 0.524 e. The number of hydrogen-bond donors (Lipinski definition) is 8. The largest absolute Gasteiger partial charge is 0.524 e. The van der Waals surface area contributed by atoms with Gasteiger partial charge in [-0.3, -0.25) is 29.0 Å². The molecule has 0 unspecified atom stereocenters. The highest BCUT2D eigenvalue weighted by Gasteiger charge is 2.27. The molecule has 0 fully saturated rings. The quantitative estimate of drug-likeness (QED) is 0.104. The van der Waals surface area contributed by atoms with Crippen molar-refractivity contribution in [3.63, 3.8) is 0 Å². The summed E-state index contributed by atoms with van der Waals surface area (Å²) in [6.07, 6.45) is 0.323. The summed E-state index contributed by atoms with van der Waals surface area (Å²) < 4.78 is 15.4. The van der Waals surface area contributed by atoms with E-state index in [1.165, 1.54) is 24.3 Å². The maximum absolute atomic E-state index is 13.0. The average molecular weight is 636 g/mol. The second kappa shape index (κ2) is 17.1. The minimum absolute atomic E-state index is 0.00620. The minimum atomic E-state index is -4.71. The Hall–Kier alpha value is -4.30. The van der Waals surface area contributed by atoms with Crippen LogP contribution in [-0.4, -0.2) is 75.7 Å². The SMILES string of the molecule is CC(C)C[C@H](NC(=O)[C@H](Cc1ccccc1)NC(=O)CNC(=O)CNC(=O)[C@@H](N)Cc1ccc(OP(=O)(O)O)cc1)C(=O)O. The molecule has 0 saturated heterocycles. The van der Waals surface area contributed by atoms with Crippen molar-refractivity contribution in [2.45, 2.75) is 51.2 Å². The van der Waals surface area contributed by atoms with E-state index in [2.05, 4.69) is 25.8 Å². The van der Waals surface area contributed by atoms with Gasteiger partial charge in [-0.25, -0.2) is 9.36 Å². The molecule has 15 nitrogen and oxygen atoms in total. The number of carboxylic acids is 1. The fourth-order valence-electron chi connectivity index (χ4n) is 3.98. The van der Waals surface area contributed by atoms with Gasteiger partial charge in [-0.2, -0.15) is 0 Å². The van der Waals surface area contributed by atoms with Gasteiger partial charge in [0.1, 0.15) is 17.8 Å². The van der Waals surface area contributed by atoms with Gasteiger partial charge < -0.3 is 36.6 Å². The van der Waals surface area contributed by atoms with Crippen LogP contribution < -0.4 is 31.5 Å². The standard InChI is InChI=1S/C28H38N5O10P/c1-17(2)12-23(28(38)39)33-27(37)22(14-18-6-4-3-5-7-18)32-25(35)16-30-24(34)15-31-26(36)21(29)13-19-8-10-20(11-9-19)43-44(40,41)42/h3-11,17,21-23H,12-16,29H2,1-2H3,(H,30,34)(H,31,36)(H,32,35)(H,33,37)(H,38,39)(H2,40,41,42)/t21-,22-,23-/m0/s1. The molecule has 2 aromatic carbocycles. The summed E-state index contributed by atoms with van der Waals surface area (Å²) in [6, 6.07) is 11.0. The summed E-state index contributed by atoms with van der Waals surface area (Å²) >= 11 is 0. The van der Waals surface area contributed by atoms with Gasteiger partial charge in [0.2, 0.25) is 23.6 Å². The average Bonchev–Trinajstić information content (AvgIpc) is 2.94. The number of hydrogen-bond acceptors (Lipinski definition) is 8. The molecule has 0 aliphatic rings. The van der Waals surface area contributed by atoms with Gasteiger partial charge in [0, 0.05) is 6.42 Å². The van der Waals surface area contributed by atoms with Gasteiger partial charge in [0.15, 0.2) is 0 Å². The molecule has 16 heteroatoms. The molecule has 0 heterocycles. The van der Waals surface area contributed by atoms with Gasteiger partial charge >= 0.3 is 13.8 Å². The van der Waals surface area contributed by atoms with Crippen molar-refractivity contribution in [2.75, 3.05) is 13.1 Å². The highest BCUT2D eigenvalue weighted by atomic mass is 31.2. The number of carbonyl (C=O) groups excluding carboxylic acids is 4. The number of amides is 4. The molecule has 9 N–H and O–H groups in total. The van der Waals surface area contributed by atoms with Crippen molar-refractivity contribution in [3.05, 3.63) is 65.7 Å². The molecule has 0 radical (unpaired) electrons. The first-order valence-corrected chi connectivity index (χ1v) is 15.2. The molecule has 0 aromatic heterocycles. The Morgan fingerprint density at radius 3 is 1.95 bits per heavy atom. The Balaban J connectivity index is 1.87. The lowest BCUT2D eigenvalue weighted by molar-refractivity contribution is -0.142. The van der Waals surface area contributed by atoms with E-state index in [9.17, 15) is 33.6 Å². The number of phosphoric ester groups is 1. The van der Waals surface area contributed by atoms with Crippen molar-refractivity contribution in [1.82, 2.24) is 21.3 Å². The normalized spacial score (nSPS) is 13.2. The molecule has 2 rings (SSSR count). The predicted octanol–water partition coefficient (Wildman–Crippen LogP) is -0.397. The van der Waals surface area contributed by atoms with Crippen LogP contribution in [0.1, 0.15) is 31.4 Å². The Morgan fingerprint density at radius 1 is 0.795 bits per heavy atom. The van der Waals surface area contributed by atoms with Crippen LogP contribution in [-0.2, 0) is 41.4 Å². The maximum atomic E-state index is 13.0. The molecule has 0 spiro atoms. The van der Waals surface area contributed by atoms with Crippen molar-refractivity contribution >= 4 is 37.4 Å². The topological polar surface area (TPSA) is 246 Å². The van der Waals surface area contributed by atoms with Crippen LogP contribution in [0.4, 0.5) is 0 Å². The van der Waals surface area contributed by atoms with Crippen molar-refractivity contribution < 1.29 is 48.0 Å². The summed E-state index contributed by atoms with van der Waals surface area (Å²) in [5, 5.41) is 19.2. The molecular weight excluding hydrogens is 597 g/mol. The lowest BCUT2D eigenvalue weighted by atomic mass is 10.0. The monoisotopic (exact) mass is 635 g/mol. The smallest absolute Gasteiger partial charge is 0.480 e. The molecule has 4 amide bonds. The third kappa shape index (κ3) is 13.8. The van der Waals surface area contributed by atoms with Gasteiger partial charge in [0.05, 0.1) is 19.1 Å². The van der Waals surface area contributed by atoms with E-state index in [-0.39, 0.29) is 30.9 Å². The minimum Gasteiger partial charge on any atom is -0.480 e. The van der Waals surface area contributed by atoms with Crippen LogP contribution in [0.3, 0.4) is 0 Å². The molecule has 44 heavy (non-hydrogen) atoms. The van der Waals surface area contributed by atoms with Gasteiger partial charge in [-0.15, -0.1) is 0 Å². The highest BCUT2D eigenvalue weighted by Crippen LogP contribution is 2.37. The Bertz CT molecular complexity index is 1330. The zero-order chi connectivity index (χ0) is 32.9. The van der Waals surface area contributed by atoms with E-state index in [1.807, 2.05) is 13.8 Å². The number of aliphatic carboxylic acids is 1. The van der Waals surface area contributed by atoms with E-state index in [0.717, 1.165) is 5.56 Å². The predicted molar refractivity (Wildman–Crippen MR) is 158 cm³/mol. The number of benzene rings is 2. The number of nitrogens with two attached hydrogens (primary N) is 1. The van der Waals surface area contributed by atoms with Crippen LogP contribution in [0.15, 0.2) is 54.6 Å². The van der Waals surface area contributed by atoms with Crippen molar-refractivity contribution in [2.24, 2.45) is 11.7 Å². The number of phosphoric acid groups is 1. The van der Waals surface area contributed by atoms with E-state index in [0.29, 0.717) is 5.56 Å². The van der Waals surface area contributed by atoms with E-state index in [1.54, 1.807) is 30.3 Å². The fourth-order valence-corrected chi connectivity index (χ4v) is 4.38. The number of nitrogens with one attached hydrogen (secondary N) is 4. The van der Waals surface area contributed by atoms with E-state index in [4.69, 9.17) is 15.5 Å². The van der Waals surface area contributed by atoms with E-state index < -0.39 is 68.6 Å². The summed E-state index contributed by atoms with van der Waals surface area (Å²) in [7, 11) is -4.71. The van der Waals surface area contributed by atoms with Crippen LogP contribution in [0.5, 0.6) is 5.75 Å². The van der Waals surface area contributed by atoms with Crippen LogP contribution in [0.25, 0.3) is 0 Å². The third-order valence-electron chi connectivity index (χ3n) is 6.07. The Kier molecular flexibility index (Phi) is 14.0. The van der Waals surface area contributed by atoms with Crippen LogP contribution in [0, 0.1) is 5.92 Å². The second-order valence-corrected chi connectivity index (χ2v) is 11.5. The van der Waals surface area contributed by atoms with E-state index >= 15 is 0 Å². The first-order chi connectivity index (χ1) is 20.6. The zero-order valence-electron chi connectivity index (χ0n) is 24.3. The van der Waals surface area contributed by atoms with Crippen LogP contribution in [0.2, 0.25) is 0 Å². The Labute approximate surface area is 254 Å². The molecule has 0 bridgehead atoms. The molecular formula is C28H38N5O10P. The molecule has 240 valence electrons. The second-order valence-electron chi connectivity index (χ2n) is 10.4. The summed E-state index contributed by atoms with van der Waals surface area (Å²) in [5.41, 5.74) is 7.17. The molecule has 0 aliphatic heterocycles. The first kappa shape index (κ1) is 35.9. The van der Waals surface area contributed by atoms with Gasteiger partial charge in [0.25, 0.3) is 0 Å². The van der Waals surface area contributed by atoms with Crippen molar-refractivity contribution in [3.8, 4) is 5.75 Å². The summed E-state index contributed by atoms with van der Waals surface area (Å²) in [6.45, 7) is 2.63. The molecule has 3 atom stereocenters.